The van der Waals surface area contributed by atoms with Crippen LogP contribution in [0.5, 0.6) is 0 Å². The van der Waals surface area contributed by atoms with Crippen LogP contribution in [0, 0.1) is 11.3 Å². The van der Waals surface area contributed by atoms with Gasteiger partial charge in [-0.25, -0.2) is 0 Å². The van der Waals surface area contributed by atoms with Crippen molar-refractivity contribution in [2.45, 2.75) is 63.3 Å². The zero-order valence-electron chi connectivity index (χ0n) is 11.9. The minimum Gasteiger partial charge on any atom is -0.377 e. The van der Waals surface area contributed by atoms with Crippen molar-refractivity contribution in [3.63, 3.8) is 0 Å². The van der Waals surface area contributed by atoms with Crippen molar-refractivity contribution in [1.29, 1.82) is 5.26 Å². The van der Waals surface area contributed by atoms with E-state index in [1.807, 2.05) is 18.7 Å². The van der Waals surface area contributed by atoms with E-state index in [4.69, 9.17) is 4.74 Å². The second-order valence-electron chi connectivity index (χ2n) is 5.25. The van der Waals surface area contributed by atoms with E-state index in [1.54, 1.807) is 0 Å². The highest BCUT2D eigenvalue weighted by Gasteiger charge is 2.25. The third-order valence-electron chi connectivity index (χ3n) is 3.47. The second kappa shape index (κ2) is 8.04. The third-order valence-corrected chi connectivity index (χ3v) is 5.04. The molecule has 1 aliphatic heterocycles. The lowest BCUT2D eigenvalue weighted by Gasteiger charge is -2.23. The standard InChI is InChI=1S/C14H26N2OS/c1-4-8-16-14(3,11-15)7-5-10-18-13-6-9-17-12(13)2/h12-13,16H,4-10H2,1-3H3. The molecule has 1 aliphatic rings. The molecule has 1 heterocycles. The monoisotopic (exact) mass is 270 g/mol. The summed E-state index contributed by atoms with van der Waals surface area (Å²) in [5.74, 6) is 1.13. The van der Waals surface area contributed by atoms with Gasteiger partial charge >= 0.3 is 0 Å². The van der Waals surface area contributed by atoms with Crippen molar-refractivity contribution < 1.29 is 4.74 Å². The molecule has 104 valence electrons. The van der Waals surface area contributed by atoms with Crippen LogP contribution in [-0.2, 0) is 4.74 Å². The fourth-order valence-electron chi connectivity index (χ4n) is 2.18. The lowest BCUT2D eigenvalue weighted by Crippen LogP contribution is -2.41. The van der Waals surface area contributed by atoms with E-state index >= 15 is 0 Å². The maximum atomic E-state index is 9.23. The summed E-state index contributed by atoms with van der Waals surface area (Å²) in [5.41, 5.74) is -0.353. The quantitative estimate of drug-likeness (QED) is 0.689. The molecule has 18 heavy (non-hydrogen) atoms. The van der Waals surface area contributed by atoms with Gasteiger partial charge in [-0.2, -0.15) is 17.0 Å². The van der Waals surface area contributed by atoms with Crippen LogP contribution in [0.15, 0.2) is 0 Å². The van der Waals surface area contributed by atoms with E-state index in [-0.39, 0.29) is 5.54 Å². The fourth-order valence-corrected chi connectivity index (χ4v) is 3.40. The molecule has 0 aliphatic carbocycles. The topological polar surface area (TPSA) is 45.0 Å². The van der Waals surface area contributed by atoms with E-state index in [1.165, 1.54) is 6.42 Å². The highest BCUT2D eigenvalue weighted by Crippen LogP contribution is 2.27. The van der Waals surface area contributed by atoms with Crippen LogP contribution in [0.1, 0.15) is 46.5 Å². The molecule has 0 saturated carbocycles. The number of nitrogens with one attached hydrogen (secondary N) is 1. The van der Waals surface area contributed by atoms with Crippen molar-refractivity contribution >= 4 is 11.8 Å². The number of hydrogen-bond donors (Lipinski definition) is 1. The molecular weight excluding hydrogens is 244 g/mol. The highest BCUT2D eigenvalue weighted by molar-refractivity contribution is 7.99. The van der Waals surface area contributed by atoms with E-state index in [0.29, 0.717) is 11.4 Å². The van der Waals surface area contributed by atoms with Crippen LogP contribution >= 0.6 is 11.8 Å². The summed E-state index contributed by atoms with van der Waals surface area (Å²) in [6, 6.07) is 2.41. The maximum absolute atomic E-state index is 9.23. The molecule has 3 atom stereocenters. The number of hydrogen-bond acceptors (Lipinski definition) is 4. The smallest absolute Gasteiger partial charge is 0.103 e. The molecule has 3 unspecified atom stereocenters. The summed E-state index contributed by atoms with van der Waals surface area (Å²) in [6.07, 6.45) is 4.67. The molecule has 0 spiro atoms. The van der Waals surface area contributed by atoms with Gasteiger partial charge in [0.05, 0.1) is 12.2 Å². The largest absolute Gasteiger partial charge is 0.377 e. The lowest BCUT2D eigenvalue weighted by atomic mass is 9.98. The Labute approximate surface area is 116 Å². The summed E-state index contributed by atoms with van der Waals surface area (Å²) < 4.78 is 5.55. The van der Waals surface area contributed by atoms with Crippen molar-refractivity contribution in [2.24, 2.45) is 0 Å². The van der Waals surface area contributed by atoms with Crippen LogP contribution in [0.25, 0.3) is 0 Å². The molecule has 0 aromatic rings. The number of ether oxygens (including phenoxy) is 1. The minimum atomic E-state index is -0.353. The molecular formula is C14H26N2OS. The van der Waals surface area contributed by atoms with E-state index in [0.717, 1.165) is 38.2 Å². The van der Waals surface area contributed by atoms with Gasteiger partial charge < -0.3 is 4.74 Å². The van der Waals surface area contributed by atoms with Crippen LogP contribution in [-0.4, -0.2) is 35.8 Å². The van der Waals surface area contributed by atoms with Crippen LogP contribution < -0.4 is 5.32 Å². The van der Waals surface area contributed by atoms with E-state index < -0.39 is 0 Å². The second-order valence-corrected chi connectivity index (χ2v) is 6.60. The molecule has 0 radical (unpaired) electrons. The Morgan fingerprint density at radius 1 is 1.56 bits per heavy atom. The summed E-state index contributed by atoms with van der Waals surface area (Å²) in [7, 11) is 0. The summed E-state index contributed by atoms with van der Waals surface area (Å²) in [5, 5.41) is 13.2. The number of nitriles is 1. The molecule has 1 rings (SSSR count). The van der Waals surface area contributed by atoms with Gasteiger partial charge in [-0.3, -0.25) is 5.32 Å². The third kappa shape index (κ3) is 5.17. The lowest BCUT2D eigenvalue weighted by molar-refractivity contribution is 0.127. The molecule has 0 bridgehead atoms. The first kappa shape index (κ1) is 15.8. The molecule has 0 aromatic carbocycles. The molecule has 3 nitrogen and oxygen atoms in total. The Balaban J connectivity index is 2.17. The predicted octanol–water partition coefficient (Wildman–Crippen LogP) is 2.96. The van der Waals surface area contributed by atoms with Gasteiger partial charge in [-0.15, -0.1) is 0 Å². The van der Waals surface area contributed by atoms with Crippen molar-refractivity contribution in [3.05, 3.63) is 0 Å². The number of thioether (sulfide) groups is 1. The maximum Gasteiger partial charge on any atom is 0.103 e. The molecule has 4 heteroatoms. The number of nitrogens with zero attached hydrogens (tertiary/aromatic N) is 1. The Hall–Kier alpha value is -0.240. The Morgan fingerprint density at radius 3 is 2.89 bits per heavy atom. The van der Waals surface area contributed by atoms with Gasteiger partial charge in [-0.1, -0.05) is 6.92 Å². The van der Waals surface area contributed by atoms with E-state index in [2.05, 4.69) is 25.2 Å². The Morgan fingerprint density at radius 2 is 2.33 bits per heavy atom. The first-order chi connectivity index (χ1) is 8.61. The predicted molar refractivity (Wildman–Crippen MR) is 77.8 cm³/mol. The highest BCUT2D eigenvalue weighted by atomic mass is 32.2. The average Bonchev–Trinajstić information content (AvgIpc) is 2.78. The van der Waals surface area contributed by atoms with Crippen LogP contribution in [0.3, 0.4) is 0 Å². The molecule has 0 amide bonds. The molecule has 1 fully saturated rings. The van der Waals surface area contributed by atoms with E-state index in [9.17, 15) is 5.26 Å². The molecule has 0 aromatic heterocycles. The fraction of sp³-hybridized carbons (Fsp3) is 0.929. The van der Waals surface area contributed by atoms with Gasteiger partial charge in [0, 0.05) is 11.9 Å². The van der Waals surface area contributed by atoms with Gasteiger partial charge in [0.25, 0.3) is 0 Å². The molecule has 1 N–H and O–H groups in total. The summed E-state index contributed by atoms with van der Waals surface area (Å²) in [4.78, 5) is 0. The van der Waals surface area contributed by atoms with Crippen LogP contribution in [0.2, 0.25) is 0 Å². The zero-order chi connectivity index (χ0) is 13.4. The van der Waals surface area contributed by atoms with Gasteiger partial charge in [0.15, 0.2) is 0 Å². The van der Waals surface area contributed by atoms with Crippen molar-refractivity contribution in [2.75, 3.05) is 18.9 Å². The van der Waals surface area contributed by atoms with Gasteiger partial charge in [0.1, 0.15) is 5.54 Å². The zero-order valence-corrected chi connectivity index (χ0v) is 12.7. The Kier molecular flexibility index (Phi) is 7.06. The Bertz CT molecular complexity index is 279. The van der Waals surface area contributed by atoms with Crippen LogP contribution in [0.4, 0.5) is 0 Å². The number of rotatable bonds is 8. The first-order valence-corrected chi connectivity index (χ1v) is 8.05. The summed E-state index contributed by atoms with van der Waals surface area (Å²) >= 11 is 2.00. The summed E-state index contributed by atoms with van der Waals surface area (Å²) in [6.45, 7) is 8.13. The molecule has 1 saturated heterocycles. The van der Waals surface area contributed by atoms with Crippen molar-refractivity contribution in [3.8, 4) is 6.07 Å². The minimum absolute atomic E-state index is 0.353. The average molecular weight is 270 g/mol. The normalized spacial score (nSPS) is 26.8. The van der Waals surface area contributed by atoms with Crippen molar-refractivity contribution in [1.82, 2.24) is 5.32 Å². The first-order valence-electron chi connectivity index (χ1n) is 7.01. The van der Waals surface area contributed by atoms with Gasteiger partial charge in [0.2, 0.25) is 0 Å². The SMILES string of the molecule is CCCNC(C)(C#N)CCCSC1CCOC1C. The van der Waals surface area contributed by atoms with Gasteiger partial charge in [-0.05, 0) is 51.8 Å².